The molecule has 19 heavy (non-hydrogen) atoms. The maximum Gasteiger partial charge on any atom is 0.146 e. The van der Waals surface area contributed by atoms with E-state index >= 15 is 0 Å². The molecule has 0 fully saturated rings. The Morgan fingerprint density at radius 1 is 1.26 bits per heavy atom. The Balaban J connectivity index is 1.88. The van der Waals surface area contributed by atoms with Gasteiger partial charge in [-0.15, -0.1) is 21.5 Å². The van der Waals surface area contributed by atoms with E-state index in [-0.39, 0.29) is 5.41 Å². The monoisotopic (exact) mass is 278 g/mol. The highest BCUT2D eigenvalue weighted by molar-refractivity contribution is 7.12. The van der Waals surface area contributed by atoms with Crippen LogP contribution in [0, 0.1) is 0 Å². The first-order valence-corrected chi connectivity index (χ1v) is 7.49. The SMILES string of the molecule is CCn1cnnc1CNCc1ccc(C(C)(C)C)s1. The van der Waals surface area contributed by atoms with Crippen LogP contribution >= 0.6 is 11.3 Å². The standard InChI is InChI=1S/C14H22N4S/c1-5-18-10-16-17-13(18)9-15-8-11-6-7-12(19-11)14(2,3)4/h6-7,10,15H,5,8-9H2,1-4H3. The van der Waals surface area contributed by atoms with E-state index < -0.39 is 0 Å². The van der Waals surface area contributed by atoms with Gasteiger partial charge in [0.25, 0.3) is 0 Å². The third-order valence-electron chi connectivity index (χ3n) is 3.02. The van der Waals surface area contributed by atoms with Gasteiger partial charge in [0.15, 0.2) is 0 Å². The van der Waals surface area contributed by atoms with E-state index in [1.165, 1.54) is 9.75 Å². The molecule has 5 heteroatoms. The molecule has 1 N–H and O–H groups in total. The Kier molecular flexibility index (Phi) is 4.37. The summed E-state index contributed by atoms with van der Waals surface area (Å²) in [6.45, 7) is 11.4. The first kappa shape index (κ1) is 14.2. The molecule has 2 aromatic rings. The molecule has 0 unspecified atom stereocenters. The van der Waals surface area contributed by atoms with Gasteiger partial charge >= 0.3 is 0 Å². The molecule has 2 rings (SSSR count). The van der Waals surface area contributed by atoms with Gasteiger partial charge in [-0.05, 0) is 24.5 Å². The molecule has 104 valence electrons. The van der Waals surface area contributed by atoms with Crippen molar-refractivity contribution in [2.24, 2.45) is 0 Å². The number of nitrogens with one attached hydrogen (secondary N) is 1. The zero-order valence-electron chi connectivity index (χ0n) is 12.1. The largest absolute Gasteiger partial charge is 0.317 e. The number of hydrogen-bond acceptors (Lipinski definition) is 4. The van der Waals surface area contributed by atoms with Crippen molar-refractivity contribution in [2.75, 3.05) is 0 Å². The van der Waals surface area contributed by atoms with Crippen molar-refractivity contribution in [2.45, 2.75) is 52.7 Å². The minimum absolute atomic E-state index is 0.241. The Hall–Kier alpha value is -1.20. The maximum atomic E-state index is 4.12. The van der Waals surface area contributed by atoms with E-state index in [1.807, 2.05) is 11.3 Å². The minimum atomic E-state index is 0.241. The summed E-state index contributed by atoms with van der Waals surface area (Å²) in [5.74, 6) is 0.995. The van der Waals surface area contributed by atoms with Crippen molar-refractivity contribution >= 4 is 11.3 Å². The predicted molar refractivity (Wildman–Crippen MR) is 79.3 cm³/mol. The summed E-state index contributed by atoms with van der Waals surface area (Å²) in [5, 5.41) is 11.5. The highest BCUT2D eigenvalue weighted by atomic mass is 32.1. The van der Waals surface area contributed by atoms with E-state index in [0.717, 1.165) is 25.5 Å². The van der Waals surface area contributed by atoms with Gasteiger partial charge in [0.05, 0.1) is 6.54 Å². The molecular weight excluding hydrogens is 256 g/mol. The third kappa shape index (κ3) is 3.64. The highest BCUT2D eigenvalue weighted by Gasteiger charge is 2.15. The van der Waals surface area contributed by atoms with Crippen LogP contribution in [-0.2, 0) is 25.0 Å². The molecule has 0 aliphatic carbocycles. The van der Waals surface area contributed by atoms with Gasteiger partial charge in [0.2, 0.25) is 0 Å². The molecule has 0 aliphatic heterocycles. The minimum Gasteiger partial charge on any atom is -0.317 e. The Morgan fingerprint density at radius 2 is 2.05 bits per heavy atom. The number of thiophene rings is 1. The number of nitrogens with zero attached hydrogens (tertiary/aromatic N) is 3. The molecule has 2 aromatic heterocycles. The van der Waals surface area contributed by atoms with E-state index in [4.69, 9.17) is 0 Å². The molecule has 0 saturated carbocycles. The van der Waals surface area contributed by atoms with Crippen LogP contribution in [0.15, 0.2) is 18.5 Å². The lowest BCUT2D eigenvalue weighted by molar-refractivity contribution is 0.604. The van der Waals surface area contributed by atoms with Crippen LogP contribution < -0.4 is 5.32 Å². The first-order chi connectivity index (χ1) is 9.00. The molecule has 0 atom stereocenters. The van der Waals surface area contributed by atoms with Crippen LogP contribution in [-0.4, -0.2) is 14.8 Å². The smallest absolute Gasteiger partial charge is 0.146 e. The van der Waals surface area contributed by atoms with Gasteiger partial charge in [-0.1, -0.05) is 20.8 Å². The van der Waals surface area contributed by atoms with Gasteiger partial charge in [0, 0.05) is 22.8 Å². The van der Waals surface area contributed by atoms with Crippen LogP contribution in [0.2, 0.25) is 0 Å². The second kappa shape index (κ2) is 5.84. The number of aromatic nitrogens is 3. The summed E-state index contributed by atoms with van der Waals surface area (Å²) in [7, 11) is 0. The molecule has 0 radical (unpaired) electrons. The molecule has 0 bridgehead atoms. The van der Waals surface area contributed by atoms with Crippen molar-refractivity contribution in [1.82, 2.24) is 20.1 Å². The van der Waals surface area contributed by atoms with Gasteiger partial charge < -0.3 is 9.88 Å². The van der Waals surface area contributed by atoms with Crippen molar-refractivity contribution in [3.8, 4) is 0 Å². The molecule has 0 amide bonds. The van der Waals surface area contributed by atoms with Crippen LogP contribution in [0.3, 0.4) is 0 Å². The lowest BCUT2D eigenvalue weighted by atomic mass is 9.95. The van der Waals surface area contributed by atoms with E-state index in [2.05, 4.69) is 59.9 Å². The van der Waals surface area contributed by atoms with Crippen molar-refractivity contribution in [3.05, 3.63) is 34.0 Å². The van der Waals surface area contributed by atoms with Gasteiger partial charge in [-0.2, -0.15) is 0 Å². The van der Waals surface area contributed by atoms with Crippen LogP contribution in [0.1, 0.15) is 43.3 Å². The lowest BCUT2D eigenvalue weighted by Gasteiger charge is -2.15. The van der Waals surface area contributed by atoms with Gasteiger partial charge in [-0.3, -0.25) is 0 Å². The number of aryl methyl sites for hydroxylation is 1. The molecule has 0 spiro atoms. The summed E-state index contributed by atoms with van der Waals surface area (Å²) >= 11 is 1.88. The molecule has 4 nitrogen and oxygen atoms in total. The molecule has 0 aromatic carbocycles. The summed E-state index contributed by atoms with van der Waals surface area (Å²) in [4.78, 5) is 2.80. The molecule has 0 aliphatic rings. The molecular formula is C14H22N4S. The first-order valence-electron chi connectivity index (χ1n) is 6.67. The van der Waals surface area contributed by atoms with E-state index in [9.17, 15) is 0 Å². The summed E-state index contributed by atoms with van der Waals surface area (Å²) in [6.07, 6.45) is 1.78. The summed E-state index contributed by atoms with van der Waals surface area (Å²) in [5.41, 5.74) is 0.241. The number of rotatable bonds is 5. The zero-order valence-corrected chi connectivity index (χ0v) is 12.9. The van der Waals surface area contributed by atoms with E-state index in [1.54, 1.807) is 6.33 Å². The second-order valence-corrected chi connectivity index (χ2v) is 6.82. The highest BCUT2D eigenvalue weighted by Crippen LogP contribution is 2.29. The number of hydrogen-bond donors (Lipinski definition) is 1. The van der Waals surface area contributed by atoms with Crippen LogP contribution in [0.4, 0.5) is 0 Å². The fraction of sp³-hybridized carbons (Fsp3) is 0.571. The molecule has 0 saturated heterocycles. The van der Waals surface area contributed by atoms with Crippen LogP contribution in [0.5, 0.6) is 0 Å². The Bertz CT molecular complexity index is 522. The fourth-order valence-corrected chi connectivity index (χ4v) is 2.89. The maximum absolute atomic E-state index is 4.12. The van der Waals surface area contributed by atoms with Crippen molar-refractivity contribution in [3.63, 3.8) is 0 Å². The van der Waals surface area contributed by atoms with Crippen molar-refractivity contribution in [1.29, 1.82) is 0 Å². The molecule has 2 heterocycles. The van der Waals surface area contributed by atoms with Gasteiger partial charge in [0.1, 0.15) is 12.2 Å². The average Bonchev–Trinajstić information content (AvgIpc) is 2.96. The fourth-order valence-electron chi connectivity index (χ4n) is 1.85. The quantitative estimate of drug-likeness (QED) is 0.914. The average molecular weight is 278 g/mol. The van der Waals surface area contributed by atoms with E-state index in [0.29, 0.717) is 0 Å². The second-order valence-electron chi connectivity index (χ2n) is 5.65. The zero-order chi connectivity index (χ0) is 13.9. The predicted octanol–water partition coefficient (Wildman–Crippen LogP) is 2.95. The third-order valence-corrected chi connectivity index (χ3v) is 4.53. The Morgan fingerprint density at radius 3 is 2.68 bits per heavy atom. The van der Waals surface area contributed by atoms with Crippen LogP contribution in [0.25, 0.3) is 0 Å². The normalized spacial score (nSPS) is 12.0. The summed E-state index contributed by atoms with van der Waals surface area (Å²) in [6, 6.07) is 4.44. The van der Waals surface area contributed by atoms with Crippen molar-refractivity contribution < 1.29 is 0 Å². The Labute approximate surface area is 118 Å². The van der Waals surface area contributed by atoms with Gasteiger partial charge in [-0.25, -0.2) is 0 Å². The summed E-state index contributed by atoms with van der Waals surface area (Å²) < 4.78 is 2.06. The lowest BCUT2D eigenvalue weighted by Crippen LogP contribution is -2.15. The topological polar surface area (TPSA) is 42.7 Å².